The first-order valence-corrected chi connectivity index (χ1v) is 13.2. The number of methoxy groups -OCH3 is 1. The summed E-state index contributed by atoms with van der Waals surface area (Å²) in [6, 6.07) is 19.2. The molecule has 1 heterocycles. The van der Waals surface area contributed by atoms with Gasteiger partial charge in [0.2, 0.25) is 0 Å². The fourth-order valence-electron chi connectivity index (χ4n) is 4.69. The average Bonchev–Trinajstić information content (AvgIpc) is 3.36. The van der Waals surface area contributed by atoms with Crippen LogP contribution in [0, 0.1) is 0 Å². The summed E-state index contributed by atoms with van der Waals surface area (Å²) in [5.41, 5.74) is 4.14. The fourth-order valence-corrected chi connectivity index (χ4v) is 6.17. The second-order valence-corrected chi connectivity index (χ2v) is 10.8. The van der Waals surface area contributed by atoms with E-state index in [9.17, 15) is 13.2 Å². The van der Waals surface area contributed by atoms with Gasteiger partial charge in [-0.2, -0.15) is 0 Å². The lowest BCUT2D eigenvalue weighted by molar-refractivity contribution is -0.128. The number of anilines is 1. The number of fused-ring (bicyclic) bond motifs is 2. The summed E-state index contributed by atoms with van der Waals surface area (Å²) >= 11 is 0. The highest BCUT2D eigenvalue weighted by Crippen LogP contribution is 2.37. The molecule has 0 bridgehead atoms. The first-order chi connectivity index (χ1) is 16.9. The van der Waals surface area contributed by atoms with Crippen LogP contribution in [0.4, 0.5) is 5.69 Å². The zero-order valence-corrected chi connectivity index (χ0v) is 20.5. The molecule has 3 aromatic carbocycles. The molecule has 182 valence electrons. The van der Waals surface area contributed by atoms with E-state index >= 15 is 0 Å². The molecular weight excluding hydrogens is 464 g/mol. The zero-order valence-electron chi connectivity index (χ0n) is 19.7. The minimum absolute atomic E-state index is 0.112. The first kappa shape index (κ1) is 23.2. The molecule has 1 amide bonds. The Balaban J connectivity index is 1.39. The maximum Gasteiger partial charge on any atom is 0.264 e. The Morgan fingerprint density at radius 2 is 1.80 bits per heavy atom. The number of hydrogen-bond donors (Lipinski definition) is 1. The van der Waals surface area contributed by atoms with Gasteiger partial charge in [0.25, 0.3) is 15.9 Å². The third kappa shape index (κ3) is 4.46. The summed E-state index contributed by atoms with van der Waals surface area (Å²) in [5.74, 6) is 0.549. The van der Waals surface area contributed by atoms with Gasteiger partial charge in [0.1, 0.15) is 11.5 Å². The zero-order chi connectivity index (χ0) is 24.6. The van der Waals surface area contributed by atoms with Crippen molar-refractivity contribution < 1.29 is 22.7 Å². The molecule has 0 saturated carbocycles. The van der Waals surface area contributed by atoms with E-state index in [2.05, 4.69) is 17.4 Å². The van der Waals surface area contributed by atoms with E-state index in [1.54, 1.807) is 36.4 Å². The number of sulfonamides is 1. The number of nitrogens with one attached hydrogen (secondary N) is 1. The third-order valence-corrected chi connectivity index (χ3v) is 8.45. The van der Waals surface area contributed by atoms with E-state index in [-0.39, 0.29) is 23.4 Å². The minimum Gasteiger partial charge on any atom is -0.497 e. The third-order valence-electron chi connectivity index (χ3n) is 6.66. The van der Waals surface area contributed by atoms with Crippen LogP contribution in [0.15, 0.2) is 71.6 Å². The Morgan fingerprint density at radius 3 is 2.57 bits per heavy atom. The number of benzene rings is 3. The van der Waals surface area contributed by atoms with Gasteiger partial charge in [0.05, 0.1) is 30.3 Å². The summed E-state index contributed by atoms with van der Waals surface area (Å²) in [7, 11) is -2.41. The normalized spacial score (nSPS) is 17.7. The van der Waals surface area contributed by atoms with Crippen LogP contribution in [0.1, 0.15) is 36.1 Å². The molecule has 1 aliphatic carbocycles. The van der Waals surface area contributed by atoms with Gasteiger partial charge in [0.15, 0.2) is 6.10 Å². The Hall–Kier alpha value is -3.52. The number of para-hydroxylation sites is 2. The van der Waals surface area contributed by atoms with E-state index in [1.165, 1.54) is 34.7 Å². The van der Waals surface area contributed by atoms with Crippen molar-refractivity contribution in [2.45, 2.75) is 43.2 Å². The van der Waals surface area contributed by atoms with Crippen molar-refractivity contribution in [3.8, 4) is 11.5 Å². The van der Waals surface area contributed by atoms with E-state index in [0.29, 0.717) is 17.2 Å². The molecule has 2 atom stereocenters. The van der Waals surface area contributed by atoms with Crippen molar-refractivity contribution in [1.29, 1.82) is 0 Å². The van der Waals surface area contributed by atoms with Crippen LogP contribution in [0.2, 0.25) is 0 Å². The number of ether oxygens (including phenoxy) is 2. The number of rotatable bonds is 6. The summed E-state index contributed by atoms with van der Waals surface area (Å²) < 4.78 is 39.5. The molecule has 0 radical (unpaired) electrons. The van der Waals surface area contributed by atoms with Crippen molar-refractivity contribution in [1.82, 2.24) is 5.32 Å². The van der Waals surface area contributed by atoms with Gasteiger partial charge in [0, 0.05) is 0 Å². The molecule has 0 aromatic heterocycles. The standard InChI is InChI=1S/C27H28N2O5S/c1-18(20-11-10-19-6-5-7-21(19)16-20)28-27(30)26-17-29(24-8-3-4-9-25(24)34-26)35(31,32)23-14-12-22(33-2)13-15-23/h3-4,8-16,18,26H,5-7,17H2,1-2H3,(H,28,30). The molecule has 8 heteroatoms. The van der Waals surface area contributed by atoms with Crippen LogP contribution >= 0.6 is 0 Å². The van der Waals surface area contributed by atoms with Gasteiger partial charge in [-0.05, 0) is 79.3 Å². The Morgan fingerprint density at radius 1 is 1.06 bits per heavy atom. The molecule has 7 nitrogen and oxygen atoms in total. The van der Waals surface area contributed by atoms with Crippen molar-refractivity contribution in [2.75, 3.05) is 18.0 Å². The number of carbonyl (C=O) groups excluding carboxylic acids is 1. The lowest BCUT2D eigenvalue weighted by Gasteiger charge is -2.35. The van der Waals surface area contributed by atoms with Crippen LogP contribution < -0.4 is 19.1 Å². The second kappa shape index (κ2) is 9.26. The number of nitrogens with zero attached hydrogens (tertiary/aromatic N) is 1. The Bertz CT molecular complexity index is 1350. The van der Waals surface area contributed by atoms with Crippen LogP contribution in [0.5, 0.6) is 11.5 Å². The van der Waals surface area contributed by atoms with Gasteiger partial charge in [-0.25, -0.2) is 8.42 Å². The highest BCUT2D eigenvalue weighted by molar-refractivity contribution is 7.92. The maximum absolute atomic E-state index is 13.6. The van der Waals surface area contributed by atoms with Crippen LogP contribution in [0.25, 0.3) is 0 Å². The molecule has 5 rings (SSSR count). The fraction of sp³-hybridized carbons (Fsp3) is 0.296. The van der Waals surface area contributed by atoms with Crippen LogP contribution in [-0.2, 0) is 27.7 Å². The first-order valence-electron chi connectivity index (χ1n) is 11.7. The summed E-state index contributed by atoms with van der Waals surface area (Å²) in [6.45, 7) is 1.80. The van der Waals surface area contributed by atoms with E-state index in [0.717, 1.165) is 24.8 Å². The highest BCUT2D eigenvalue weighted by Gasteiger charge is 2.37. The Labute approximate surface area is 205 Å². The SMILES string of the molecule is COc1ccc(S(=O)(=O)N2CC(C(=O)NC(C)c3ccc4c(c3)CCC4)Oc3ccccc32)cc1. The van der Waals surface area contributed by atoms with Crippen molar-refractivity contribution in [3.63, 3.8) is 0 Å². The lowest BCUT2D eigenvalue weighted by Crippen LogP contribution is -2.51. The van der Waals surface area contributed by atoms with E-state index < -0.39 is 16.1 Å². The second-order valence-electron chi connectivity index (χ2n) is 8.90. The molecule has 2 aliphatic rings. The predicted molar refractivity (Wildman–Crippen MR) is 133 cm³/mol. The molecule has 0 spiro atoms. The molecule has 1 N–H and O–H groups in total. The van der Waals surface area contributed by atoms with Gasteiger partial charge in [-0.1, -0.05) is 30.3 Å². The molecule has 1 aliphatic heterocycles. The largest absolute Gasteiger partial charge is 0.497 e. The summed E-state index contributed by atoms with van der Waals surface area (Å²) in [5, 5.41) is 3.01. The molecule has 2 unspecified atom stereocenters. The van der Waals surface area contributed by atoms with Gasteiger partial charge >= 0.3 is 0 Å². The monoisotopic (exact) mass is 492 g/mol. The molecule has 0 saturated heterocycles. The average molecular weight is 493 g/mol. The molecule has 0 fully saturated rings. The number of hydrogen-bond acceptors (Lipinski definition) is 5. The summed E-state index contributed by atoms with van der Waals surface area (Å²) in [4.78, 5) is 13.4. The number of amides is 1. The molecule has 35 heavy (non-hydrogen) atoms. The van der Waals surface area contributed by atoms with E-state index in [1.807, 2.05) is 13.0 Å². The minimum atomic E-state index is -3.94. The van der Waals surface area contributed by atoms with Gasteiger partial charge in [-0.3, -0.25) is 9.10 Å². The lowest BCUT2D eigenvalue weighted by atomic mass is 10.0. The highest BCUT2D eigenvalue weighted by atomic mass is 32.2. The molecular formula is C27H28N2O5S. The Kier molecular flexibility index (Phi) is 6.15. The number of aryl methyl sites for hydroxylation is 2. The van der Waals surface area contributed by atoms with Crippen molar-refractivity contribution in [3.05, 3.63) is 83.4 Å². The van der Waals surface area contributed by atoms with Crippen LogP contribution in [0.3, 0.4) is 0 Å². The van der Waals surface area contributed by atoms with Crippen LogP contribution in [-0.4, -0.2) is 34.1 Å². The van der Waals surface area contributed by atoms with Crippen molar-refractivity contribution >= 4 is 21.6 Å². The maximum atomic E-state index is 13.6. The predicted octanol–water partition coefficient (Wildman–Crippen LogP) is 4.02. The summed E-state index contributed by atoms with van der Waals surface area (Å²) in [6.07, 6.45) is 2.33. The van der Waals surface area contributed by atoms with Gasteiger partial charge < -0.3 is 14.8 Å². The van der Waals surface area contributed by atoms with E-state index in [4.69, 9.17) is 9.47 Å². The quantitative estimate of drug-likeness (QED) is 0.562. The van der Waals surface area contributed by atoms with Gasteiger partial charge in [-0.15, -0.1) is 0 Å². The molecule has 3 aromatic rings. The number of carbonyl (C=O) groups is 1. The topological polar surface area (TPSA) is 84.9 Å². The smallest absolute Gasteiger partial charge is 0.264 e. The van der Waals surface area contributed by atoms with Crippen molar-refractivity contribution in [2.24, 2.45) is 0 Å².